The molecular weight excluding hydrogens is 190 g/mol. The normalized spacial score (nSPS) is 15.1. The molecule has 1 rings (SSSR count). The minimum Gasteiger partial charge on any atom is -0.339 e. The maximum atomic E-state index is 11.0. The Balaban J connectivity index is 2.71. The third-order valence-electron chi connectivity index (χ3n) is 3.29. The smallest absolute Gasteiger partial charge is 0.339 e. The minimum atomic E-state index is -0.278. The van der Waals surface area contributed by atoms with Crippen molar-refractivity contribution in [2.24, 2.45) is 0 Å². The number of rotatable bonds is 6. The van der Waals surface area contributed by atoms with E-state index in [1.807, 2.05) is 0 Å². The molecule has 0 saturated heterocycles. The molecule has 3 nitrogen and oxygen atoms in total. The second kappa shape index (κ2) is 5.19. The molecule has 1 aromatic rings. The summed E-state index contributed by atoms with van der Waals surface area (Å²) in [6.07, 6.45) is 5.80. The zero-order chi connectivity index (χ0) is 11.3. The van der Waals surface area contributed by atoms with Gasteiger partial charge in [0.25, 0.3) is 0 Å². The molecule has 0 amide bonds. The van der Waals surface area contributed by atoms with Crippen molar-refractivity contribution in [2.75, 3.05) is 0 Å². The zero-order valence-electron chi connectivity index (χ0n) is 9.93. The zero-order valence-corrected chi connectivity index (χ0v) is 9.93. The van der Waals surface area contributed by atoms with Gasteiger partial charge < -0.3 is 4.52 Å². The van der Waals surface area contributed by atoms with Crippen LogP contribution in [0.2, 0.25) is 0 Å². The number of hydrogen-bond acceptors (Lipinski definition) is 2. The Morgan fingerprint density at radius 2 is 2.13 bits per heavy atom. The van der Waals surface area contributed by atoms with Crippen LogP contribution in [0, 0.1) is 0 Å². The highest BCUT2D eigenvalue weighted by atomic mass is 16.5. The molecule has 1 unspecified atom stereocenters. The van der Waals surface area contributed by atoms with Gasteiger partial charge in [0, 0.05) is 11.5 Å². The van der Waals surface area contributed by atoms with Gasteiger partial charge in [0.05, 0.1) is 5.69 Å². The van der Waals surface area contributed by atoms with Crippen LogP contribution in [0.3, 0.4) is 0 Å². The van der Waals surface area contributed by atoms with Crippen LogP contribution in [0.15, 0.2) is 15.4 Å². The van der Waals surface area contributed by atoms with E-state index in [4.69, 9.17) is 4.52 Å². The summed E-state index contributed by atoms with van der Waals surface area (Å²) >= 11 is 0. The number of nitrogens with one attached hydrogen (secondary N) is 1. The van der Waals surface area contributed by atoms with Crippen molar-refractivity contribution in [3.05, 3.63) is 22.2 Å². The molecule has 0 spiro atoms. The van der Waals surface area contributed by atoms with Crippen LogP contribution in [0.4, 0.5) is 0 Å². The van der Waals surface area contributed by atoms with Crippen LogP contribution in [-0.4, -0.2) is 5.16 Å². The molecule has 0 radical (unpaired) electrons. The van der Waals surface area contributed by atoms with Gasteiger partial charge in [-0.2, -0.15) is 0 Å². The monoisotopic (exact) mass is 211 g/mol. The summed E-state index contributed by atoms with van der Waals surface area (Å²) in [5.41, 5.74) is 0.715. The van der Waals surface area contributed by atoms with Crippen molar-refractivity contribution in [1.82, 2.24) is 5.16 Å². The Labute approximate surface area is 90.8 Å². The molecule has 1 aromatic heterocycles. The van der Waals surface area contributed by atoms with Crippen LogP contribution in [0.5, 0.6) is 0 Å². The quantitative estimate of drug-likeness (QED) is 0.734. The van der Waals surface area contributed by atoms with E-state index >= 15 is 0 Å². The molecular formula is C12H21NO2. The second-order valence-electron chi connectivity index (χ2n) is 4.45. The van der Waals surface area contributed by atoms with E-state index in [1.165, 1.54) is 19.3 Å². The molecule has 1 atom stereocenters. The van der Waals surface area contributed by atoms with Crippen LogP contribution >= 0.6 is 0 Å². The van der Waals surface area contributed by atoms with Gasteiger partial charge in [-0.25, -0.2) is 9.95 Å². The van der Waals surface area contributed by atoms with E-state index < -0.39 is 0 Å². The molecule has 15 heavy (non-hydrogen) atoms. The molecule has 1 heterocycles. The maximum absolute atomic E-state index is 11.0. The van der Waals surface area contributed by atoms with Crippen LogP contribution in [0.1, 0.15) is 58.6 Å². The third-order valence-corrected chi connectivity index (χ3v) is 3.29. The molecule has 0 aliphatic carbocycles. The summed E-state index contributed by atoms with van der Waals surface area (Å²) in [6.45, 7) is 6.53. The van der Waals surface area contributed by atoms with Gasteiger partial charge >= 0.3 is 5.63 Å². The van der Waals surface area contributed by atoms with E-state index in [0.717, 1.165) is 18.5 Å². The lowest BCUT2D eigenvalue weighted by atomic mass is 9.79. The summed E-state index contributed by atoms with van der Waals surface area (Å²) < 4.78 is 4.74. The lowest BCUT2D eigenvalue weighted by Crippen LogP contribution is -2.21. The first-order chi connectivity index (χ1) is 7.12. The van der Waals surface area contributed by atoms with Gasteiger partial charge in [-0.05, 0) is 12.8 Å². The number of aromatic amines is 1. The van der Waals surface area contributed by atoms with E-state index in [9.17, 15) is 4.79 Å². The SMILES string of the molecule is CCCCCC(C)(CC)c1cc(=O)o[nH]1. The van der Waals surface area contributed by atoms with Crippen molar-refractivity contribution in [3.63, 3.8) is 0 Å². The summed E-state index contributed by atoms with van der Waals surface area (Å²) in [4.78, 5) is 11.0. The van der Waals surface area contributed by atoms with Crippen molar-refractivity contribution in [3.8, 4) is 0 Å². The van der Waals surface area contributed by atoms with Crippen LogP contribution in [0.25, 0.3) is 0 Å². The topological polar surface area (TPSA) is 46.0 Å². The summed E-state index contributed by atoms with van der Waals surface area (Å²) in [6, 6.07) is 1.58. The van der Waals surface area contributed by atoms with Gasteiger partial charge in [-0.3, -0.25) is 0 Å². The maximum Gasteiger partial charge on any atom is 0.357 e. The van der Waals surface area contributed by atoms with Crippen LogP contribution in [-0.2, 0) is 5.41 Å². The average molecular weight is 211 g/mol. The first-order valence-electron chi connectivity index (χ1n) is 5.81. The van der Waals surface area contributed by atoms with Crippen molar-refractivity contribution < 1.29 is 4.52 Å². The fourth-order valence-corrected chi connectivity index (χ4v) is 1.85. The van der Waals surface area contributed by atoms with Crippen molar-refractivity contribution in [2.45, 2.75) is 58.3 Å². The molecule has 0 aliphatic rings. The predicted molar refractivity (Wildman–Crippen MR) is 61.1 cm³/mol. The van der Waals surface area contributed by atoms with Gasteiger partial charge in [0.1, 0.15) is 0 Å². The number of aromatic nitrogens is 1. The summed E-state index contributed by atoms with van der Waals surface area (Å²) in [5.74, 6) is 0. The molecule has 0 saturated carbocycles. The van der Waals surface area contributed by atoms with E-state index in [-0.39, 0.29) is 11.0 Å². The summed E-state index contributed by atoms with van der Waals surface area (Å²) in [7, 11) is 0. The van der Waals surface area contributed by atoms with Gasteiger partial charge in [0.15, 0.2) is 0 Å². The Morgan fingerprint density at radius 3 is 2.60 bits per heavy atom. The second-order valence-corrected chi connectivity index (χ2v) is 4.45. The average Bonchev–Trinajstić information content (AvgIpc) is 2.65. The molecule has 0 bridgehead atoms. The first-order valence-corrected chi connectivity index (χ1v) is 5.81. The summed E-state index contributed by atoms with van der Waals surface area (Å²) in [5, 5.41) is 2.74. The third kappa shape index (κ3) is 2.98. The highest BCUT2D eigenvalue weighted by molar-refractivity contribution is 5.11. The highest BCUT2D eigenvalue weighted by Gasteiger charge is 2.26. The largest absolute Gasteiger partial charge is 0.357 e. The number of H-pyrrole nitrogens is 1. The minimum absolute atomic E-state index is 0.0569. The Bertz CT molecular complexity index is 339. The van der Waals surface area contributed by atoms with E-state index in [1.54, 1.807) is 6.07 Å². The molecule has 0 fully saturated rings. The number of unbranched alkanes of at least 4 members (excludes halogenated alkanes) is 2. The van der Waals surface area contributed by atoms with Gasteiger partial charge in [0.2, 0.25) is 0 Å². The van der Waals surface area contributed by atoms with E-state index in [0.29, 0.717) is 0 Å². The van der Waals surface area contributed by atoms with E-state index in [2.05, 4.69) is 25.9 Å². The standard InChI is InChI=1S/C12H21NO2/c1-4-6-7-8-12(3,5-2)10-9-11(14)15-13-10/h9,13H,4-8H2,1-3H3. The number of hydrogen-bond donors (Lipinski definition) is 1. The molecule has 3 heteroatoms. The highest BCUT2D eigenvalue weighted by Crippen LogP contribution is 2.31. The fourth-order valence-electron chi connectivity index (χ4n) is 1.85. The lowest BCUT2D eigenvalue weighted by molar-refractivity contribution is 0.335. The molecule has 0 aliphatic heterocycles. The predicted octanol–water partition coefficient (Wildman–Crippen LogP) is 3.22. The van der Waals surface area contributed by atoms with Crippen molar-refractivity contribution in [1.29, 1.82) is 0 Å². The Hall–Kier alpha value is -0.990. The fraction of sp³-hybridized carbons (Fsp3) is 0.750. The molecule has 0 aromatic carbocycles. The van der Waals surface area contributed by atoms with Crippen molar-refractivity contribution >= 4 is 0 Å². The van der Waals surface area contributed by atoms with Crippen LogP contribution < -0.4 is 5.63 Å². The Kier molecular flexibility index (Phi) is 4.18. The van der Waals surface area contributed by atoms with Gasteiger partial charge in [-0.1, -0.05) is 40.0 Å². The molecule has 86 valence electrons. The first kappa shape index (κ1) is 12.1. The lowest BCUT2D eigenvalue weighted by Gasteiger charge is -2.26. The Morgan fingerprint density at radius 1 is 1.40 bits per heavy atom. The van der Waals surface area contributed by atoms with Gasteiger partial charge in [-0.15, -0.1) is 0 Å². The molecule has 1 N–H and O–H groups in total.